The molecular formula is C17H16Cl2N2O3. The molecular weight excluding hydrogens is 351 g/mol. The van der Waals surface area contributed by atoms with E-state index >= 15 is 0 Å². The molecule has 0 unspecified atom stereocenters. The van der Waals surface area contributed by atoms with E-state index in [-0.39, 0.29) is 17.5 Å². The third-order valence-electron chi connectivity index (χ3n) is 3.22. The van der Waals surface area contributed by atoms with Crippen LogP contribution in [0.15, 0.2) is 42.5 Å². The lowest BCUT2D eigenvalue weighted by Gasteiger charge is -2.08. The molecule has 0 saturated carbocycles. The fraction of sp³-hybridized carbons (Fsp3) is 0.176. The number of carbonyl (C=O) groups is 2. The van der Waals surface area contributed by atoms with Crippen LogP contribution in [0, 0.1) is 0 Å². The summed E-state index contributed by atoms with van der Waals surface area (Å²) in [6.45, 7) is 0.210. The summed E-state index contributed by atoms with van der Waals surface area (Å²) in [6, 6.07) is 11.9. The molecule has 0 atom stereocenters. The van der Waals surface area contributed by atoms with E-state index < -0.39 is 5.91 Å². The van der Waals surface area contributed by atoms with Crippen molar-refractivity contribution in [2.24, 2.45) is 0 Å². The van der Waals surface area contributed by atoms with Gasteiger partial charge in [-0.05, 0) is 35.9 Å². The number of hydrogen-bond donors (Lipinski definition) is 2. The van der Waals surface area contributed by atoms with Crippen LogP contribution in [0.5, 0.6) is 5.75 Å². The van der Waals surface area contributed by atoms with Crippen LogP contribution in [0.3, 0.4) is 0 Å². The van der Waals surface area contributed by atoms with Gasteiger partial charge in [-0.15, -0.1) is 0 Å². The molecule has 0 aliphatic carbocycles. The maximum atomic E-state index is 12.0. The van der Waals surface area contributed by atoms with Crippen molar-refractivity contribution in [3.05, 3.63) is 63.6 Å². The Balaban J connectivity index is 1.82. The minimum absolute atomic E-state index is 0.136. The Bertz CT molecular complexity index is 750. The SMILES string of the molecule is COc1cccc(CNC(=O)CNC(=O)c2ccc(Cl)c(Cl)c2)c1. The van der Waals surface area contributed by atoms with Gasteiger partial charge in [0.05, 0.1) is 23.7 Å². The maximum Gasteiger partial charge on any atom is 0.251 e. The van der Waals surface area contributed by atoms with E-state index in [1.807, 2.05) is 24.3 Å². The normalized spacial score (nSPS) is 10.1. The molecule has 126 valence electrons. The predicted molar refractivity (Wildman–Crippen MR) is 93.6 cm³/mol. The van der Waals surface area contributed by atoms with Crippen LogP contribution < -0.4 is 15.4 Å². The molecule has 0 spiro atoms. The Hall–Kier alpha value is -2.24. The van der Waals surface area contributed by atoms with Gasteiger partial charge in [0, 0.05) is 12.1 Å². The summed E-state index contributed by atoms with van der Waals surface area (Å²) in [4.78, 5) is 23.8. The van der Waals surface area contributed by atoms with Crippen molar-refractivity contribution in [2.45, 2.75) is 6.54 Å². The molecule has 0 saturated heterocycles. The molecule has 2 N–H and O–H groups in total. The molecule has 0 aliphatic rings. The molecule has 2 aromatic carbocycles. The monoisotopic (exact) mass is 366 g/mol. The first-order valence-electron chi connectivity index (χ1n) is 7.12. The van der Waals surface area contributed by atoms with Crippen molar-refractivity contribution >= 4 is 35.0 Å². The van der Waals surface area contributed by atoms with Crippen molar-refractivity contribution in [1.29, 1.82) is 0 Å². The molecule has 0 fully saturated rings. The zero-order valence-electron chi connectivity index (χ0n) is 12.9. The Morgan fingerprint density at radius 2 is 1.83 bits per heavy atom. The van der Waals surface area contributed by atoms with Gasteiger partial charge in [-0.25, -0.2) is 0 Å². The summed E-state index contributed by atoms with van der Waals surface area (Å²) in [5, 5.41) is 5.90. The minimum atomic E-state index is -0.398. The summed E-state index contributed by atoms with van der Waals surface area (Å²) in [7, 11) is 1.58. The summed E-state index contributed by atoms with van der Waals surface area (Å²) < 4.78 is 5.12. The van der Waals surface area contributed by atoms with Crippen LogP contribution in [0.2, 0.25) is 10.0 Å². The fourth-order valence-corrected chi connectivity index (χ4v) is 2.24. The second-order valence-electron chi connectivity index (χ2n) is 4.94. The molecule has 2 aromatic rings. The topological polar surface area (TPSA) is 67.4 Å². The summed E-state index contributed by atoms with van der Waals surface area (Å²) >= 11 is 11.7. The largest absolute Gasteiger partial charge is 0.497 e. The Kier molecular flexibility index (Phi) is 6.46. The lowest BCUT2D eigenvalue weighted by atomic mass is 10.2. The highest BCUT2D eigenvalue weighted by atomic mass is 35.5. The van der Waals surface area contributed by atoms with Gasteiger partial charge in [0.25, 0.3) is 5.91 Å². The van der Waals surface area contributed by atoms with E-state index in [1.54, 1.807) is 7.11 Å². The van der Waals surface area contributed by atoms with Crippen LogP contribution in [0.1, 0.15) is 15.9 Å². The van der Waals surface area contributed by atoms with Crippen molar-refractivity contribution < 1.29 is 14.3 Å². The summed E-state index contributed by atoms with van der Waals surface area (Å²) in [6.07, 6.45) is 0. The van der Waals surface area contributed by atoms with Gasteiger partial charge >= 0.3 is 0 Å². The first-order chi connectivity index (χ1) is 11.5. The van der Waals surface area contributed by atoms with E-state index in [0.29, 0.717) is 17.1 Å². The lowest BCUT2D eigenvalue weighted by Crippen LogP contribution is -2.36. The second-order valence-corrected chi connectivity index (χ2v) is 5.75. The zero-order valence-corrected chi connectivity index (χ0v) is 14.4. The van der Waals surface area contributed by atoms with Gasteiger partial charge in [0.15, 0.2) is 0 Å². The molecule has 24 heavy (non-hydrogen) atoms. The van der Waals surface area contributed by atoms with Gasteiger partial charge < -0.3 is 15.4 Å². The third-order valence-corrected chi connectivity index (χ3v) is 3.95. The number of ether oxygens (including phenoxy) is 1. The van der Waals surface area contributed by atoms with Gasteiger partial charge in [-0.3, -0.25) is 9.59 Å². The number of hydrogen-bond acceptors (Lipinski definition) is 3. The van der Waals surface area contributed by atoms with Crippen LogP contribution in [-0.4, -0.2) is 25.5 Å². The molecule has 0 aromatic heterocycles. The number of rotatable bonds is 6. The lowest BCUT2D eigenvalue weighted by molar-refractivity contribution is -0.120. The Morgan fingerprint density at radius 1 is 1.04 bits per heavy atom. The van der Waals surface area contributed by atoms with E-state index in [4.69, 9.17) is 27.9 Å². The average molecular weight is 367 g/mol. The first kappa shape index (κ1) is 18.1. The third kappa shape index (κ3) is 5.15. The van der Waals surface area contributed by atoms with Crippen molar-refractivity contribution in [2.75, 3.05) is 13.7 Å². The smallest absolute Gasteiger partial charge is 0.251 e. The fourth-order valence-electron chi connectivity index (χ4n) is 1.95. The number of halogens is 2. The first-order valence-corrected chi connectivity index (χ1v) is 7.88. The van der Waals surface area contributed by atoms with Gasteiger partial charge in [-0.2, -0.15) is 0 Å². The molecule has 2 rings (SSSR count). The van der Waals surface area contributed by atoms with Crippen LogP contribution in [0.25, 0.3) is 0 Å². The van der Waals surface area contributed by atoms with Crippen LogP contribution in [-0.2, 0) is 11.3 Å². The van der Waals surface area contributed by atoms with Crippen LogP contribution >= 0.6 is 23.2 Å². The molecule has 2 amide bonds. The molecule has 7 heteroatoms. The average Bonchev–Trinajstić information content (AvgIpc) is 2.60. The van der Waals surface area contributed by atoms with E-state index in [9.17, 15) is 9.59 Å². The number of carbonyl (C=O) groups excluding carboxylic acids is 2. The molecule has 0 heterocycles. The number of benzene rings is 2. The Labute approximate surface area is 149 Å². The molecule has 0 bridgehead atoms. The molecule has 0 radical (unpaired) electrons. The summed E-state index contributed by atoms with van der Waals surface area (Å²) in [5.74, 6) is 0.0194. The van der Waals surface area contributed by atoms with Crippen molar-refractivity contribution in [3.63, 3.8) is 0 Å². The maximum absolute atomic E-state index is 12.0. The minimum Gasteiger partial charge on any atom is -0.497 e. The van der Waals surface area contributed by atoms with E-state index in [0.717, 1.165) is 11.3 Å². The highest BCUT2D eigenvalue weighted by Gasteiger charge is 2.10. The quantitative estimate of drug-likeness (QED) is 0.825. The van der Waals surface area contributed by atoms with Crippen molar-refractivity contribution in [1.82, 2.24) is 10.6 Å². The highest BCUT2D eigenvalue weighted by molar-refractivity contribution is 6.42. The number of nitrogens with one attached hydrogen (secondary N) is 2. The number of amides is 2. The standard InChI is InChI=1S/C17H16Cl2N2O3/c1-24-13-4-2-3-11(7-13)9-20-16(22)10-21-17(23)12-5-6-14(18)15(19)8-12/h2-8H,9-10H2,1H3,(H,20,22)(H,21,23). The number of methoxy groups -OCH3 is 1. The van der Waals surface area contributed by atoms with Gasteiger partial charge in [0.2, 0.25) is 5.91 Å². The molecule has 0 aliphatic heterocycles. The summed E-state index contributed by atoms with van der Waals surface area (Å²) in [5.41, 5.74) is 1.24. The van der Waals surface area contributed by atoms with E-state index in [2.05, 4.69) is 10.6 Å². The van der Waals surface area contributed by atoms with Gasteiger partial charge in [-0.1, -0.05) is 35.3 Å². The van der Waals surface area contributed by atoms with E-state index in [1.165, 1.54) is 18.2 Å². The molecule has 5 nitrogen and oxygen atoms in total. The van der Waals surface area contributed by atoms with Crippen molar-refractivity contribution in [3.8, 4) is 5.75 Å². The van der Waals surface area contributed by atoms with Gasteiger partial charge in [0.1, 0.15) is 5.75 Å². The highest BCUT2D eigenvalue weighted by Crippen LogP contribution is 2.22. The van der Waals surface area contributed by atoms with Crippen LogP contribution in [0.4, 0.5) is 0 Å². The second kappa shape index (κ2) is 8.57. The zero-order chi connectivity index (χ0) is 17.5. The predicted octanol–water partition coefficient (Wildman–Crippen LogP) is 3.05. The Morgan fingerprint density at radius 3 is 2.54 bits per heavy atom.